The Bertz CT molecular complexity index is 1200. The molecule has 0 aromatic heterocycles. The third-order valence-electron chi connectivity index (χ3n) is 6.57. The molecular weight excluding hydrogens is 467 g/mol. The summed E-state index contributed by atoms with van der Waals surface area (Å²) in [6.45, 7) is 3.74. The molecule has 1 N–H and O–H groups in total. The molecule has 1 aliphatic rings. The van der Waals surface area contributed by atoms with Gasteiger partial charge >= 0.3 is 0 Å². The summed E-state index contributed by atoms with van der Waals surface area (Å²) in [7, 11) is 3.14. The van der Waals surface area contributed by atoms with Gasteiger partial charge in [-0.15, -0.1) is 0 Å². The number of nitrogens with one attached hydrogen (secondary N) is 1. The topological polar surface area (TPSA) is 50.8 Å². The molecule has 1 heterocycles. The third-order valence-corrected chi connectivity index (χ3v) is 6.94. The van der Waals surface area contributed by atoms with E-state index in [-0.39, 0.29) is 23.6 Å². The molecule has 1 saturated heterocycles. The summed E-state index contributed by atoms with van der Waals surface area (Å²) in [4.78, 5) is 15.7. The summed E-state index contributed by atoms with van der Waals surface area (Å²) in [6, 6.07) is 18.3. The van der Waals surface area contributed by atoms with Gasteiger partial charge in [-0.1, -0.05) is 41.9 Å². The molecule has 3 aromatic carbocycles. The summed E-state index contributed by atoms with van der Waals surface area (Å²) in [5.74, 6) is 0.689. The highest BCUT2D eigenvalue weighted by Gasteiger charge is 2.33. The van der Waals surface area contributed by atoms with Crippen LogP contribution < -0.4 is 14.8 Å². The first kappa shape index (κ1) is 25.0. The van der Waals surface area contributed by atoms with Gasteiger partial charge in [0, 0.05) is 30.7 Å². The number of amides is 1. The van der Waals surface area contributed by atoms with Gasteiger partial charge in [-0.05, 0) is 60.2 Å². The van der Waals surface area contributed by atoms with Crippen LogP contribution in [0.25, 0.3) is 0 Å². The van der Waals surface area contributed by atoms with Crippen LogP contribution in [-0.2, 0) is 11.3 Å². The van der Waals surface area contributed by atoms with Crippen molar-refractivity contribution < 1.29 is 18.7 Å². The third kappa shape index (κ3) is 5.95. The minimum Gasteiger partial charge on any atom is -0.497 e. The van der Waals surface area contributed by atoms with Crippen molar-refractivity contribution >= 4 is 23.2 Å². The molecule has 1 aliphatic heterocycles. The molecule has 2 atom stereocenters. The number of rotatable bonds is 7. The number of aryl methyl sites for hydroxylation is 1. The average Bonchev–Trinajstić information content (AvgIpc) is 2.87. The largest absolute Gasteiger partial charge is 0.497 e. The van der Waals surface area contributed by atoms with Gasteiger partial charge < -0.3 is 14.8 Å². The van der Waals surface area contributed by atoms with Gasteiger partial charge in [-0.2, -0.15) is 0 Å². The molecule has 3 aromatic rings. The van der Waals surface area contributed by atoms with Gasteiger partial charge in [0.05, 0.1) is 25.8 Å². The molecule has 1 fully saturated rings. The lowest BCUT2D eigenvalue weighted by atomic mass is 9.83. The highest BCUT2D eigenvalue weighted by Crippen LogP contribution is 2.35. The lowest BCUT2D eigenvalue weighted by Crippen LogP contribution is -2.43. The maximum Gasteiger partial charge on any atom is 0.228 e. The Balaban J connectivity index is 1.58. The van der Waals surface area contributed by atoms with Crippen LogP contribution in [0.5, 0.6) is 11.5 Å². The minimum atomic E-state index is -0.270. The number of ether oxygens (including phenoxy) is 2. The maximum absolute atomic E-state index is 13.9. The Morgan fingerprint density at radius 2 is 1.89 bits per heavy atom. The number of hydrogen-bond acceptors (Lipinski definition) is 4. The van der Waals surface area contributed by atoms with Gasteiger partial charge in [0.2, 0.25) is 5.91 Å². The standard InChI is InChI=1S/C28H30ClFN2O3/c1-18-12-19(8-10-25(18)30)21-13-22(17-32(16-21)15-20-6-4-5-7-24(20)29)28(33)31-26-11-9-23(34-2)14-27(26)35-3/h4-12,14,21-22H,13,15-17H2,1-3H3,(H,31,33)/t21-,22-/m1/s1. The van der Waals surface area contributed by atoms with Crippen molar-refractivity contribution in [1.82, 2.24) is 4.90 Å². The molecule has 184 valence electrons. The van der Waals surface area contributed by atoms with E-state index in [9.17, 15) is 9.18 Å². The van der Waals surface area contributed by atoms with Crippen LogP contribution in [0.2, 0.25) is 5.02 Å². The van der Waals surface area contributed by atoms with Crippen molar-refractivity contribution in [3.8, 4) is 11.5 Å². The molecule has 0 bridgehead atoms. The molecular formula is C28H30ClFN2O3. The van der Waals surface area contributed by atoms with Crippen LogP contribution in [0.4, 0.5) is 10.1 Å². The van der Waals surface area contributed by atoms with Gasteiger partial charge in [-0.25, -0.2) is 4.39 Å². The van der Waals surface area contributed by atoms with Gasteiger partial charge in [-0.3, -0.25) is 9.69 Å². The molecule has 4 rings (SSSR count). The van der Waals surface area contributed by atoms with Gasteiger partial charge in [0.1, 0.15) is 17.3 Å². The summed E-state index contributed by atoms with van der Waals surface area (Å²) in [5.41, 5.74) is 3.25. The highest BCUT2D eigenvalue weighted by atomic mass is 35.5. The lowest BCUT2D eigenvalue weighted by molar-refractivity contribution is -0.121. The van der Waals surface area contributed by atoms with Crippen LogP contribution in [0.3, 0.4) is 0 Å². The van der Waals surface area contributed by atoms with Crippen molar-refractivity contribution in [3.05, 3.63) is 88.2 Å². The van der Waals surface area contributed by atoms with E-state index in [0.717, 1.165) is 17.7 Å². The fraction of sp³-hybridized carbons (Fsp3) is 0.321. The Kier molecular flexibility index (Phi) is 7.93. The van der Waals surface area contributed by atoms with Crippen molar-refractivity contribution in [2.24, 2.45) is 5.92 Å². The normalized spacial score (nSPS) is 18.2. The zero-order valence-electron chi connectivity index (χ0n) is 20.2. The minimum absolute atomic E-state index is 0.0823. The molecule has 1 amide bonds. The van der Waals surface area contributed by atoms with Gasteiger partial charge in [0.25, 0.3) is 0 Å². The van der Waals surface area contributed by atoms with Crippen molar-refractivity contribution in [2.45, 2.75) is 25.8 Å². The first-order valence-electron chi connectivity index (χ1n) is 11.6. The second kappa shape index (κ2) is 11.1. The van der Waals surface area contributed by atoms with Crippen LogP contribution >= 0.6 is 11.6 Å². The Hall–Kier alpha value is -3.09. The fourth-order valence-electron chi connectivity index (χ4n) is 4.68. The SMILES string of the molecule is COc1ccc(NC(=O)[C@@H]2C[C@@H](c3ccc(F)c(C)c3)CN(Cc3ccccc3Cl)C2)c(OC)c1. The molecule has 0 radical (unpaired) electrons. The van der Waals surface area contributed by atoms with Crippen LogP contribution in [0, 0.1) is 18.7 Å². The van der Waals surface area contributed by atoms with E-state index in [1.165, 1.54) is 6.07 Å². The molecule has 5 nitrogen and oxygen atoms in total. The lowest BCUT2D eigenvalue weighted by Gasteiger charge is -2.37. The quantitative estimate of drug-likeness (QED) is 0.432. The molecule has 7 heteroatoms. The number of nitrogens with zero attached hydrogens (tertiary/aromatic N) is 1. The predicted molar refractivity (Wildman–Crippen MR) is 137 cm³/mol. The van der Waals surface area contributed by atoms with Crippen LogP contribution in [0.15, 0.2) is 60.7 Å². The van der Waals surface area contributed by atoms with Crippen molar-refractivity contribution in [1.29, 1.82) is 0 Å². The van der Waals surface area contributed by atoms with E-state index in [1.807, 2.05) is 36.4 Å². The zero-order chi connectivity index (χ0) is 24.9. The van der Waals surface area contributed by atoms with E-state index in [4.69, 9.17) is 21.1 Å². The summed E-state index contributed by atoms with van der Waals surface area (Å²) >= 11 is 6.43. The summed E-state index contributed by atoms with van der Waals surface area (Å²) < 4.78 is 24.6. The maximum atomic E-state index is 13.9. The van der Waals surface area contributed by atoms with E-state index < -0.39 is 0 Å². The zero-order valence-corrected chi connectivity index (χ0v) is 20.9. The second-order valence-electron chi connectivity index (χ2n) is 8.98. The Morgan fingerprint density at radius 3 is 2.60 bits per heavy atom. The Labute approximate surface area is 210 Å². The van der Waals surface area contributed by atoms with Crippen molar-refractivity contribution in [3.63, 3.8) is 0 Å². The number of methoxy groups -OCH3 is 2. The van der Waals surface area contributed by atoms with E-state index in [2.05, 4.69) is 10.2 Å². The highest BCUT2D eigenvalue weighted by molar-refractivity contribution is 6.31. The molecule has 0 saturated carbocycles. The molecule has 0 spiro atoms. The molecule has 35 heavy (non-hydrogen) atoms. The number of hydrogen-bond donors (Lipinski definition) is 1. The smallest absolute Gasteiger partial charge is 0.228 e. The Morgan fingerprint density at radius 1 is 1.09 bits per heavy atom. The van der Waals surface area contributed by atoms with Crippen LogP contribution in [-0.4, -0.2) is 38.1 Å². The van der Waals surface area contributed by atoms with Crippen LogP contribution in [0.1, 0.15) is 29.0 Å². The summed E-state index contributed by atoms with van der Waals surface area (Å²) in [5, 5.41) is 3.74. The van der Waals surface area contributed by atoms with E-state index in [1.54, 1.807) is 39.3 Å². The molecule has 0 aliphatic carbocycles. The summed E-state index contributed by atoms with van der Waals surface area (Å²) in [6.07, 6.45) is 0.661. The predicted octanol–water partition coefficient (Wildman–Crippen LogP) is 6.05. The number of likely N-dealkylation sites (tertiary alicyclic amines) is 1. The van der Waals surface area contributed by atoms with Gasteiger partial charge in [0.15, 0.2) is 0 Å². The first-order valence-corrected chi connectivity index (χ1v) is 12.0. The number of halogens is 2. The van der Waals surface area contributed by atoms with E-state index >= 15 is 0 Å². The number of carbonyl (C=O) groups excluding carboxylic acids is 1. The number of benzene rings is 3. The van der Waals surface area contributed by atoms with E-state index in [0.29, 0.717) is 47.3 Å². The molecule has 0 unspecified atom stereocenters. The first-order chi connectivity index (χ1) is 16.9. The average molecular weight is 497 g/mol. The number of anilines is 1. The number of piperidine rings is 1. The second-order valence-corrected chi connectivity index (χ2v) is 9.39. The number of carbonyl (C=O) groups is 1. The fourth-order valence-corrected chi connectivity index (χ4v) is 4.87. The van der Waals surface area contributed by atoms with Crippen molar-refractivity contribution in [2.75, 3.05) is 32.6 Å². The monoisotopic (exact) mass is 496 g/mol.